The first-order chi connectivity index (χ1) is 14.3. The van der Waals surface area contributed by atoms with E-state index < -0.39 is 35.3 Å². The number of hydrogen-bond acceptors (Lipinski definition) is 6. The highest BCUT2D eigenvalue weighted by Crippen LogP contribution is 2.36. The van der Waals surface area contributed by atoms with Gasteiger partial charge in [-0.3, -0.25) is 29.4 Å². The van der Waals surface area contributed by atoms with Crippen molar-refractivity contribution in [2.75, 3.05) is 13.1 Å². The van der Waals surface area contributed by atoms with Crippen LogP contribution in [0.15, 0.2) is 18.2 Å². The first-order valence-electron chi connectivity index (χ1n) is 10.3. The normalized spacial score (nSPS) is 28.8. The van der Waals surface area contributed by atoms with Gasteiger partial charge < -0.3 is 11.1 Å². The zero-order chi connectivity index (χ0) is 21.5. The third-order valence-corrected chi connectivity index (χ3v) is 6.32. The van der Waals surface area contributed by atoms with Gasteiger partial charge in [0.25, 0.3) is 11.8 Å². The molecule has 0 radical (unpaired) electrons. The molecule has 4 rings (SSSR count). The molecule has 30 heavy (non-hydrogen) atoms. The minimum Gasteiger partial charge on any atom is -0.328 e. The van der Waals surface area contributed by atoms with Gasteiger partial charge in [0.15, 0.2) is 0 Å². The van der Waals surface area contributed by atoms with E-state index in [0.717, 1.165) is 11.3 Å². The smallest absolute Gasteiger partial charge is 0.262 e. The van der Waals surface area contributed by atoms with Crippen molar-refractivity contribution in [3.05, 3.63) is 34.9 Å². The average molecular weight is 416 g/mol. The van der Waals surface area contributed by atoms with E-state index >= 15 is 0 Å². The number of rotatable bonds is 6. The van der Waals surface area contributed by atoms with Gasteiger partial charge in [-0.2, -0.15) is 0 Å². The first-order valence-corrected chi connectivity index (χ1v) is 10.3. The fourth-order valence-corrected chi connectivity index (χ4v) is 4.69. The summed E-state index contributed by atoms with van der Waals surface area (Å²) in [6.45, 7) is 0.973. The van der Waals surface area contributed by atoms with Gasteiger partial charge in [0, 0.05) is 19.5 Å². The zero-order valence-corrected chi connectivity index (χ0v) is 16.6. The van der Waals surface area contributed by atoms with E-state index in [4.69, 9.17) is 5.73 Å². The molecule has 1 aliphatic carbocycles. The zero-order valence-electron chi connectivity index (χ0n) is 16.6. The molecule has 2 fully saturated rings. The van der Waals surface area contributed by atoms with Crippen molar-refractivity contribution in [3.8, 4) is 0 Å². The van der Waals surface area contributed by atoms with Crippen LogP contribution in [0.2, 0.25) is 0 Å². The SMILES string of the molecule is NC[C@@]1(F)CC[C@H](CNCc2cccc3c2C(=O)N(C2CCC(=O)NC2=O)C3=O)C1. The van der Waals surface area contributed by atoms with Crippen LogP contribution in [0.3, 0.4) is 0 Å². The second kappa shape index (κ2) is 7.88. The van der Waals surface area contributed by atoms with Gasteiger partial charge in [-0.25, -0.2) is 4.39 Å². The van der Waals surface area contributed by atoms with Crippen LogP contribution in [0.1, 0.15) is 58.4 Å². The fourth-order valence-electron chi connectivity index (χ4n) is 4.69. The number of nitrogens with two attached hydrogens (primary N) is 1. The molecule has 3 atom stereocenters. The summed E-state index contributed by atoms with van der Waals surface area (Å²) in [6.07, 6.45) is 1.85. The number of imide groups is 2. The second-order valence-corrected chi connectivity index (χ2v) is 8.38. The lowest BCUT2D eigenvalue weighted by Crippen LogP contribution is -2.54. The van der Waals surface area contributed by atoms with Crippen molar-refractivity contribution in [2.24, 2.45) is 11.7 Å². The lowest BCUT2D eigenvalue weighted by molar-refractivity contribution is -0.136. The highest BCUT2D eigenvalue weighted by atomic mass is 19.1. The van der Waals surface area contributed by atoms with Gasteiger partial charge in [0.1, 0.15) is 11.7 Å². The number of nitrogens with zero attached hydrogens (tertiary/aromatic N) is 1. The Labute approximate surface area is 173 Å². The summed E-state index contributed by atoms with van der Waals surface area (Å²) < 4.78 is 14.3. The monoisotopic (exact) mass is 416 g/mol. The molecule has 0 spiro atoms. The first kappa shape index (κ1) is 20.6. The Morgan fingerprint density at radius 2 is 2.00 bits per heavy atom. The summed E-state index contributed by atoms with van der Waals surface area (Å²) in [4.78, 5) is 50.4. The standard InChI is InChI=1S/C21H25FN4O4/c22-21(11-23)7-6-12(8-21)9-24-10-13-2-1-3-14-17(13)20(30)26(19(14)29)15-4-5-16(27)25-18(15)28/h1-3,12,15,24H,4-11,23H2,(H,25,27,28)/t12-,15?,21+/m0/s1. The molecular weight excluding hydrogens is 391 g/mol. The molecule has 9 heteroatoms. The van der Waals surface area contributed by atoms with E-state index in [1.165, 1.54) is 0 Å². The van der Waals surface area contributed by atoms with Crippen molar-refractivity contribution >= 4 is 23.6 Å². The van der Waals surface area contributed by atoms with E-state index in [0.29, 0.717) is 31.5 Å². The van der Waals surface area contributed by atoms with Crippen LogP contribution in [0.25, 0.3) is 0 Å². The molecule has 2 aliphatic heterocycles. The number of piperidine rings is 1. The third kappa shape index (κ3) is 3.63. The molecule has 2 heterocycles. The van der Waals surface area contributed by atoms with Crippen LogP contribution in [0, 0.1) is 5.92 Å². The molecule has 0 bridgehead atoms. The van der Waals surface area contributed by atoms with Crippen LogP contribution >= 0.6 is 0 Å². The van der Waals surface area contributed by atoms with Gasteiger partial charge in [0.05, 0.1) is 11.1 Å². The number of hydrogen-bond donors (Lipinski definition) is 3. The Morgan fingerprint density at radius 3 is 2.70 bits per heavy atom. The molecule has 4 N–H and O–H groups in total. The summed E-state index contributed by atoms with van der Waals surface area (Å²) in [5.41, 5.74) is 5.43. The van der Waals surface area contributed by atoms with Crippen molar-refractivity contribution in [1.29, 1.82) is 0 Å². The van der Waals surface area contributed by atoms with Gasteiger partial charge in [-0.1, -0.05) is 12.1 Å². The van der Waals surface area contributed by atoms with E-state index in [2.05, 4.69) is 10.6 Å². The highest BCUT2D eigenvalue weighted by Gasteiger charge is 2.45. The number of nitrogens with one attached hydrogen (secondary N) is 2. The summed E-state index contributed by atoms with van der Waals surface area (Å²) in [6, 6.07) is 4.05. The maximum absolute atomic E-state index is 14.3. The van der Waals surface area contributed by atoms with E-state index in [1.54, 1.807) is 18.2 Å². The lowest BCUT2D eigenvalue weighted by Gasteiger charge is -2.27. The number of carbonyl (C=O) groups excluding carboxylic acids is 4. The molecule has 1 unspecified atom stereocenters. The minimum absolute atomic E-state index is 0.0302. The maximum Gasteiger partial charge on any atom is 0.262 e. The van der Waals surface area contributed by atoms with E-state index in [9.17, 15) is 23.6 Å². The molecule has 8 nitrogen and oxygen atoms in total. The van der Waals surface area contributed by atoms with Gasteiger partial charge in [-0.05, 0) is 49.8 Å². The van der Waals surface area contributed by atoms with E-state index in [1.807, 2.05) is 0 Å². The van der Waals surface area contributed by atoms with Crippen molar-refractivity contribution < 1.29 is 23.6 Å². The third-order valence-electron chi connectivity index (χ3n) is 6.32. The molecular formula is C21H25FN4O4. The Balaban J connectivity index is 1.46. The fraction of sp³-hybridized carbons (Fsp3) is 0.524. The number of carbonyl (C=O) groups is 4. The molecule has 1 saturated heterocycles. The quantitative estimate of drug-likeness (QED) is 0.586. The van der Waals surface area contributed by atoms with Crippen molar-refractivity contribution in [3.63, 3.8) is 0 Å². The largest absolute Gasteiger partial charge is 0.328 e. The lowest BCUT2D eigenvalue weighted by atomic mass is 10.0. The summed E-state index contributed by atoms with van der Waals surface area (Å²) in [5.74, 6) is -1.90. The summed E-state index contributed by atoms with van der Waals surface area (Å²) >= 11 is 0. The topological polar surface area (TPSA) is 122 Å². The molecule has 3 aliphatic rings. The van der Waals surface area contributed by atoms with Crippen molar-refractivity contribution in [2.45, 2.75) is 50.4 Å². The van der Waals surface area contributed by atoms with Crippen molar-refractivity contribution in [1.82, 2.24) is 15.5 Å². The summed E-state index contributed by atoms with van der Waals surface area (Å²) in [7, 11) is 0. The minimum atomic E-state index is -1.29. The maximum atomic E-state index is 14.3. The van der Waals surface area contributed by atoms with Crippen LogP contribution in [-0.2, 0) is 16.1 Å². The molecule has 1 aromatic carbocycles. The number of alkyl halides is 1. The second-order valence-electron chi connectivity index (χ2n) is 8.38. The Morgan fingerprint density at radius 1 is 1.20 bits per heavy atom. The molecule has 0 aromatic heterocycles. The van der Waals surface area contributed by atoms with Crippen LogP contribution in [0.5, 0.6) is 0 Å². The summed E-state index contributed by atoms with van der Waals surface area (Å²) in [5, 5.41) is 5.46. The Bertz CT molecular complexity index is 920. The Hall–Kier alpha value is -2.65. The van der Waals surface area contributed by atoms with Crippen LogP contribution < -0.4 is 16.4 Å². The van der Waals surface area contributed by atoms with Gasteiger partial charge >= 0.3 is 0 Å². The molecule has 4 amide bonds. The predicted octanol–water partition coefficient (Wildman–Crippen LogP) is 0.644. The molecule has 1 aromatic rings. The van der Waals surface area contributed by atoms with E-state index in [-0.39, 0.29) is 36.4 Å². The van der Waals surface area contributed by atoms with Gasteiger partial charge in [-0.15, -0.1) is 0 Å². The number of benzene rings is 1. The highest BCUT2D eigenvalue weighted by molar-refractivity contribution is 6.24. The number of fused-ring (bicyclic) bond motifs is 1. The predicted molar refractivity (Wildman–Crippen MR) is 105 cm³/mol. The van der Waals surface area contributed by atoms with Crippen LogP contribution in [-0.4, -0.2) is 53.3 Å². The molecule has 1 saturated carbocycles. The molecule has 160 valence electrons. The van der Waals surface area contributed by atoms with Crippen LogP contribution in [0.4, 0.5) is 4.39 Å². The number of halogens is 1. The number of amides is 4. The average Bonchev–Trinajstić information content (AvgIpc) is 3.22. The Kier molecular flexibility index (Phi) is 5.42. The van der Waals surface area contributed by atoms with Gasteiger partial charge in [0.2, 0.25) is 11.8 Å².